The van der Waals surface area contributed by atoms with Gasteiger partial charge < -0.3 is 5.32 Å². The topological polar surface area (TPSA) is 70.2 Å². The van der Waals surface area contributed by atoms with E-state index in [0.717, 1.165) is 29.7 Å². The molecular weight excluding hydrogens is 326 g/mol. The first-order chi connectivity index (χ1) is 12.5. The second-order valence-corrected chi connectivity index (χ2v) is 6.46. The molecule has 1 atom stereocenters. The van der Waals surface area contributed by atoms with Crippen LogP contribution in [0.5, 0.6) is 0 Å². The SMILES string of the molecule is CCCC(C(=O)NNC(=O)CNc1ccc(C)cc1C)c1ccccc1. The summed E-state index contributed by atoms with van der Waals surface area (Å²) in [5, 5.41) is 3.09. The van der Waals surface area contributed by atoms with E-state index in [1.54, 1.807) is 0 Å². The summed E-state index contributed by atoms with van der Waals surface area (Å²) in [5.74, 6) is -0.756. The smallest absolute Gasteiger partial charge is 0.257 e. The third kappa shape index (κ3) is 5.62. The van der Waals surface area contributed by atoms with Crippen LogP contribution >= 0.6 is 0 Å². The molecule has 0 aliphatic carbocycles. The van der Waals surface area contributed by atoms with E-state index >= 15 is 0 Å². The number of hydrazine groups is 1. The Morgan fingerprint density at radius 3 is 2.38 bits per heavy atom. The molecule has 1 unspecified atom stereocenters. The molecule has 0 aliphatic rings. The molecule has 0 saturated heterocycles. The fourth-order valence-electron chi connectivity index (χ4n) is 2.87. The second-order valence-electron chi connectivity index (χ2n) is 6.46. The fraction of sp³-hybridized carbons (Fsp3) is 0.333. The molecule has 3 N–H and O–H groups in total. The van der Waals surface area contributed by atoms with Crippen molar-refractivity contribution in [3.05, 3.63) is 65.2 Å². The molecule has 0 saturated carbocycles. The predicted molar refractivity (Wildman–Crippen MR) is 105 cm³/mol. The Balaban J connectivity index is 1.86. The van der Waals surface area contributed by atoms with Gasteiger partial charge in [-0.2, -0.15) is 0 Å². The molecule has 26 heavy (non-hydrogen) atoms. The van der Waals surface area contributed by atoms with Crippen molar-refractivity contribution in [2.75, 3.05) is 11.9 Å². The van der Waals surface area contributed by atoms with Crippen LogP contribution in [-0.4, -0.2) is 18.4 Å². The van der Waals surface area contributed by atoms with E-state index in [2.05, 4.69) is 22.2 Å². The van der Waals surface area contributed by atoms with Crippen molar-refractivity contribution in [3.63, 3.8) is 0 Å². The third-order valence-corrected chi connectivity index (χ3v) is 4.24. The van der Waals surface area contributed by atoms with Gasteiger partial charge in [0.05, 0.1) is 12.5 Å². The van der Waals surface area contributed by atoms with Gasteiger partial charge in [-0.25, -0.2) is 0 Å². The van der Waals surface area contributed by atoms with E-state index in [0.29, 0.717) is 0 Å². The first kappa shape index (κ1) is 19.5. The van der Waals surface area contributed by atoms with Crippen LogP contribution in [0, 0.1) is 13.8 Å². The standard InChI is InChI=1S/C21H27N3O2/c1-4-8-18(17-9-6-5-7-10-17)21(26)24-23-20(25)14-22-19-12-11-15(2)13-16(19)3/h5-7,9-13,18,22H,4,8,14H2,1-3H3,(H,23,25)(H,24,26). The number of anilines is 1. The number of amides is 2. The van der Waals surface area contributed by atoms with Gasteiger partial charge in [0.1, 0.15) is 0 Å². The molecule has 0 heterocycles. The lowest BCUT2D eigenvalue weighted by Gasteiger charge is -2.17. The minimum atomic E-state index is -0.290. The first-order valence-electron chi connectivity index (χ1n) is 8.96. The van der Waals surface area contributed by atoms with Gasteiger partial charge in [0.15, 0.2) is 0 Å². The van der Waals surface area contributed by atoms with Crippen molar-refractivity contribution >= 4 is 17.5 Å². The highest BCUT2D eigenvalue weighted by Gasteiger charge is 2.19. The van der Waals surface area contributed by atoms with E-state index in [4.69, 9.17) is 0 Å². The van der Waals surface area contributed by atoms with Gasteiger partial charge in [0.25, 0.3) is 5.91 Å². The Bertz CT molecular complexity index is 744. The Kier molecular flexibility index (Phi) is 7.21. The average molecular weight is 353 g/mol. The molecule has 2 rings (SSSR count). The Hall–Kier alpha value is -2.82. The molecule has 2 aromatic rings. The summed E-state index contributed by atoms with van der Waals surface area (Å²) < 4.78 is 0. The number of carbonyl (C=O) groups excluding carboxylic acids is 2. The maximum absolute atomic E-state index is 12.5. The summed E-state index contributed by atoms with van der Waals surface area (Å²) in [4.78, 5) is 24.5. The van der Waals surface area contributed by atoms with Gasteiger partial charge in [0, 0.05) is 5.69 Å². The molecule has 138 valence electrons. The number of aryl methyl sites for hydroxylation is 2. The maximum Gasteiger partial charge on any atom is 0.257 e. The first-order valence-corrected chi connectivity index (χ1v) is 8.96. The summed E-state index contributed by atoms with van der Waals surface area (Å²) in [6, 6.07) is 15.6. The Morgan fingerprint density at radius 2 is 1.73 bits per heavy atom. The van der Waals surface area contributed by atoms with E-state index in [1.807, 2.05) is 63.2 Å². The van der Waals surface area contributed by atoms with Crippen molar-refractivity contribution in [2.45, 2.75) is 39.5 Å². The van der Waals surface area contributed by atoms with Crippen LogP contribution < -0.4 is 16.2 Å². The fourth-order valence-corrected chi connectivity index (χ4v) is 2.87. The average Bonchev–Trinajstić information content (AvgIpc) is 2.64. The van der Waals surface area contributed by atoms with Crippen LogP contribution in [0.15, 0.2) is 48.5 Å². The van der Waals surface area contributed by atoms with Crippen LogP contribution in [0.3, 0.4) is 0 Å². The van der Waals surface area contributed by atoms with Crippen molar-refractivity contribution in [2.24, 2.45) is 0 Å². The van der Waals surface area contributed by atoms with Crippen molar-refractivity contribution in [1.29, 1.82) is 0 Å². The number of carbonyl (C=O) groups is 2. The number of hydrogen-bond donors (Lipinski definition) is 3. The molecule has 0 fully saturated rings. The van der Waals surface area contributed by atoms with Crippen molar-refractivity contribution in [1.82, 2.24) is 10.9 Å². The van der Waals surface area contributed by atoms with Crippen LogP contribution in [0.1, 0.15) is 42.4 Å². The maximum atomic E-state index is 12.5. The van der Waals surface area contributed by atoms with Gasteiger partial charge in [-0.05, 0) is 37.5 Å². The largest absolute Gasteiger partial charge is 0.376 e. The zero-order valence-electron chi connectivity index (χ0n) is 15.6. The number of hydrogen-bond acceptors (Lipinski definition) is 3. The summed E-state index contributed by atoms with van der Waals surface area (Å²) in [6.45, 7) is 6.15. The monoisotopic (exact) mass is 353 g/mol. The second kappa shape index (κ2) is 9.61. The molecule has 0 aromatic heterocycles. The minimum absolute atomic E-state index is 0.0912. The van der Waals surface area contributed by atoms with Crippen LogP contribution in [-0.2, 0) is 9.59 Å². The Morgan fingerprint density at radius 1 is 1.00 bits per heavy atom. The predicted octanol–water partition coefficient (Wildman–Crippen LogP) is 3.45. The van der Waals surface area contributed by atoms with Gasteiger partial charge in [-0.3, -0.25) is 20.4 Å². The molecule has 0 radical (unpaired) electrons. The van der Waals surface area contributed by atoms with E-state index in [9.17, 15) is 9.59 Å². The lowest BCUT2D eigenvalue weighted by molar-refractivity contribution is -0.129. The third-order valence-electron chi connectivity index (χ3n) is 4.24. The lowest BCUT2D eigenvalue weighted by atomic mass is 9.94. The highest BCUT2D eigenvalue weighted by molar-refractivity contribution is 5.87. The number of rotatable bonds is 7. The van der Waals surface area contributed by atoms with E-state index in [1.165, 1.54) is 5.56 Å². The molecule has 2 amide bonds. The summed E-state index contributed by atoms with van der Waals surface area (Å²) in [7, 11) is 0. The molecule has 5 heteroatoms. The quantitative estimate of drug-likeness (QED) is 0.668. The normalized spacial score (nSPS) is 11.5. The highest BCUT2D eigenvalue weighted by Crippen LogP contribution is 2.21. The lowest BCUT2D eigenvalue weighted by Crippen LogP contribution is -2.46. The number of benzene rings is 2. The minimum Gasteiger partial charge on any atom is -0.376 e. The molecule has 0 spiro atoms. The van der Waals surface area contributed by atoms with Crippen molar-refractivity contribution < 1.29 is 9.59 Å². The molecule has 2 aromatic carbocycles. The van der Waals surface area contributed by atoms with Gasteiger partial charge in [-0.15, -0.1) is 0 Å². The van der Waals surface area contributed by atoms with Crippen LogP contribution in [0.25, 0.3) is 0 Å². The van der Waals surface area contributed by atoms with Crippen LogP contribution in [0.2, 0.25) is 0 Å². The number of nitrogens with one attached hydrogen (secondary N) is 3. The molecule has 0 aliphatic heterocycles. The zero-order chi connectivity index (χ0) is 18.9. The summed E-state index contributed by atoms with van der Waals surface area (Å²) >= 11 is 0. The highest BCUT2D eigenvalue weighted by atomic mass is 16.2. The Labute approximate surface area is 155 Å². The van der Waals surface area contributed by atoms with Gasteiger partial charge >= 0.3 is 0 Å². The van der Waals surface area contributed by atoms with E-state index in [-0.39, 0.29) is 24.3 Å². The van der Waals surface area contributed by atoms with Crippen molar-refractivity contribution in [3.8, 4) is 0 Å². The molecule has 0 bridgehead atoms. The summed E-state index contributed by atoms with van der Waals surface area (Å²) in [5.41, 5.74) is 9.15. The van der Waals surface area contributed by atoms with Crippen LogP contribution in [0.4, 0.5) is 5.69 Å². The zero-order valence-corrected chi connectivity index (χ0v) is 15.6. The van der Waals surface area contributed by atoms with Gasteiger partial charge in [-0.1, -0.05) is 61.4 Å². The summed E-state index contributed by atoms with van der Waals surface area (Å²) in [6.07, 6.45) is 1.61. The molecule has 5 nitrogen and oxygen atoms in total. The van der Waals surface area contributed by atoms with Gasteiger partial charge in [0.2, 0.25) is 5.91 Å². The van der Waals surface area contributed by atoms with E-state index < -0.39 is 0 Å². The molecular formula is C21H27N3O2.